The van der Waals surface area contributed by atoms with Gasteiger partial charge in [-0.1, -0.05) is 6.92 Å². The van der Waals surface area contributed by atoms with Gasteiger partial charge in [0, 0.05) is 30.9 Å². The van der Waals surface area contributed by atoms with Gasteiger partial charge in [-0.15, -0.1) is 11.6 Å². The van der Waals surface area contributed by atoms with Gasteiger partial charge in [0.25, 0.3) is 0 Å². The molecule has 0 aromatic heterocycles. The van der Waals surface area contributed by atoms with Gasteiger partial charge in [0.1, 0.15) is 0 Å². The molecule has 0 aliphatic carbocycles. The average Bonchev–Trinajstić information content (AvgIpc) is 2.37. The molecule has 0 radical (unpaired) electrons. The number of carbonyl (C=O) groups is 1. The number of rotatable bonds is 2. The fourth-order valence-electron chi connectivity index (χ4n) is 3.23. The van der Waals surface area contributed by atoms with Crippen molar-refractivity contribution in [3.63, 3.8) is 0 Å². The molecule has 0 N–H and O–H groups in total. The van der Waals surface area contributed by atoms with Crippen molar-refractivity contribution in [2.75, 3.05) is 32.6 Å². The first-order valence-corrected chi connectivity index (χ1v) is 7.22. The van der Waals surface area contributed by atoms with Gasteiger partial charge >= 0.3 is 0 Å². The summed E-state index contributed by atoms with van der Waals surface area (Å²) in [5.41, 5.74) is 0. The predicted octanol–water partition coefficient (Wildman–Crippen LogP) is 1.80. The van der Waals surface area contributed by atoms with Crippen LogP contribution in [0.2, 0.25) is 0 Å². The maximum atomic E-state index is 12.1. The molecule has 2 aliphatic heterocycles. The molecular formula is C13H23ClN2O. The van der Waals surface area contributed by atoms with Crippen LogP contribution < -0.4 is 0 Å². The lowest BCUT2D eigenvalue weighted by Crippen LogP contribution is -2.54. The predicted molar refractivity (Wildman–Crippen MR) is 70.2 cm³/mol. The minimum Gasteiger partial charge on any atom is -0.342 e. The van der Waals surface area contributed by atoms with Crippen LogP contribution in [0.25, 0.3) is 0 Å². The topological polar surface area (TPSA) is 23.6 Å². The summed E-state index contributed by atoms with van der Waals surface area (Å²) in [7, 11) is 2.22. The van der Waals surface area contributed by atoms with Crippen molar-refractivity contribution in [3.8, 4) is 0 Å². The van der Waals surface area contributed by atoms with Crippen LogP contribution in [-0.2, 0) is 4.79 Å². The van der Waals surface area contributed by atoms with Crippen LogP contribution in [0.5, 0.6) is 0 Å². The molecule has 2 aliphatic rings. The van der Waals surface area contributed by atoms with Gasteiger partial charge in [0.15, 0.2) is 0 Å². The SMILES string of the molecule is CC(CCl)C(=O)N1CCC2C(CCCN2C)C1. The molecule has 4 heteroatoms. The number of piperidine rings is 2. The van der Waals surface area contributed by atoms with E-state index in [9.17, 15) is 4.79 Å². The highest BCUT2D eigenvalue weighted by atomic mass is 35.5. The van der Waals surface area contributed by atoms with Crippen molar-refractivity contribution in [1.82, 2.24) is 9.80 Å². The fourth-order valence-corrected chi connectivity index (χ4v) is 3.36. The number of halogens is 1. The minimum atomic E-state index is -0.0328. The maximum absolute atomic E-state index is 12.1. The zero-order valence-electron chi connectivity index (χ0n) is 10.9. The van der Waals surface area contributed by atoms with Crippen molar-refractivity contribution in [3.05, 3.63) is 0 Å². The molecule has 0 bridgehead atoms. The molecule has 2 fully saturated rings. The molecule has 0 aromatic rings. The van der Waals surface area contributed by atoms with Crippen molar-refractivity contribution < 1.29 is 4.79 Å². The second-order valence-corrected chi connectivity index (χ2v) is 5.89. The highest BCUT2D eigenvalue weighted by Gasteiger charge is 2.36. The largest absolute Gasteiger partial charge is 0.342 e. The minimum absolute atomic E-state index is 0.0328. The smallest absolute Gasteiger partial charge is 0.226 e. The van der Waals surface area contributed by atoms with Gasteiger partial charge in [-0.25, -0.2) is 0 Å². The Morgan fingerprint density at radius 3 is 2.88 bits per heavy atom. The van der Waals surface area contributed by atoms with E-state index >= 15 is 0 Å². The molecule has 1 amide bonds. The van der Waals surface area contributed by atoms with E-state index in [-0.39, 0.29) is 11.8 Å². The van der Waals surface area contributed by atoms with Crippen molar-refractivity contribution in [1.29, 1.82) is 0 Å². The second-order valence-electron chi connectivity index (χ2n) is 5.58. The second kappa shape index (κ2) is 5.57. The number of nitrogens with zero attached hydrogens (tertiary/aromatic N) is 2. The van der Waals surface area contributed by atoms with Gasteiger partial charge < -0.3 is 9.80 Å². The molecule has 3 unspecified atom stereocenters. The molecule has 2 rings (SSSR count). The van der Waals surface area contributed by atoms with Crippen LogP contribution in [0.15, 0.2) is 0 Å². The van der Waals surface area contributed by atoms with Gasteiger partial charge in [0.2, 0.25) is 5.91 Å². The Hall–Kier alpha value is -0.280. The van der Waals surface area contributed by atoms with E-state index in [2.05, 4.69) is 11.9 Å². The lowest BCUT2D eigenvalue weighted by atomic mass is 9.84. The van der Waals surface area contributed by atoms with Crippen LogP contribution in [0.4, 0.5) is 0 Å². The zero-order valence-corrected chi connectivity index (χ0v) is 11.6. The van der Waals surface area contributed by atoms with E-state index in [1.165, 1.54) is 19.4 Å². The quantitative estimate of drug-likeness (QED) is 0.706. The lowest BCUT2D eigenvalue weighted by Gasteiger charge is -2.46. The van der Waals surface area contributed by atoms with E-state index in [1.807, 2.05) is 11.8 Å². The number of alkyl halides is 1. The number of carbonyl (C=O) groups excluding carboxylic acids is 1. The molecule has 3 atom stereocenters. The number of likely N-dealkylation sites (tertiary alicyclic amines) is 2. The molecule has 2 saturated heterocycles. The normalized spacial score (nSPS) is 32.1. The number of hydrogen-bond donors (Lipinski definition) is 0. The highest BCUT2D eigenvalue weighted by Crippen LogP contribution is 2.30. The molecule has 3 nitrogen and oxygen atoms in total. The third-order valence-electron chi connectivity index (χ3n) is 4.31. The number of hydrogen-bond acceptors (Lipinski definition) is 2. The molecular weight excluding hydrogens is 236 g/mol. The van der Waals surface area contributed by atoms with Crippen LogP contribution in [-0.4, -0.2) is 54.3 Å². The molecule has 0 saturated carbocycles. The summed E-state index contributed by atoms with van der Waals surface area (Å²) < 4.78 is 0. The third-order valence-corrected chi connectivity index (χ3v) is 4.77. The molecule has 0 aromatic carbocycles. The first-order valence-electron chi connectivity index (χ1n) is 6.68. The van der Waals surface area contributed by atoms with E-state index in [0.29, 0.717) is 17.8 Å². The number of amides is 1. The maximum Gasteiger partial charge on any atom is 0.226 e. The van der Waals surface area contributed by atoms with Crippen molar-refractivity contribution in [2.45, 2.75) is 32.2 Å². The summed E-state index contributed by atoms with van der Waals surface area (Å²) in [5.74, 6) is 1.32. The first-order chi connectivity index (χ1) is 8.13. The fraction of sp³-hybridized carbons (Fsp3) is 0.923. The van der Waals surface area contributed by atoms with E-state index in [0.717, 1.165) is 19.5 Å². The standard InChI is InChI=1S/C13H23ClN2O/c1-10(8-14)13(17)16-7-5-12-11(9-16)4-3-6-15(12)2/h10-12H,3-9H2,1-2H3. The lowest BCUT2D eigenvalue weighted by molar-refractivity contribution is -0.137. The monoisotopic (exact) mass is 258 g/mol. The summed E-state index contributed by atoms with van der Waals surface area (Å²) in [6, 6.07) is 0.694. The Morgan fingerprint density at radius 1 is 1.41 bits per heavy atom. The van der Waals surface area contributed by atoms with E-state index in [1.54, 1.807) is 0 Å². The van der Waals surface area contributed by atoms with Crippen molar-refractivity contribution in [2.24, 2.45) is 11.8 Å². The average molecular weight is 259 g/mol. The Bertz CT molecular complexity index is 285. The summed E-state index contributed by atoms with van der Waals surface area (Å²) in [5, 5.41) is 0. The highest BCUT2D eigenvalue weighted by molar-refractivity contribution is 6.19. The number of fused-ring (bicyclic) bond motifs is 1. The summed E-state index contributed by atoms with van der Waals surface area (Å²) >= 11 is 5.77. The zero-order chi connectivity index (χ0) is 12.4. The summed E-state index contributed by atoms with van der Waals surface area (Å²) in [6.45, 7) is 4.99. The van der Waals surface area contributed by atoms with Gasteiger partial charge in [-0.2, -0.15) is 0 Å². The Balaban J connectivity index is 1.95. The Morgan fingerprint density at radius 2 is 2.18 bits per heavy atom. The van der Waals surface area contributed by atoms with Gasteiger partial charge in [0.05, 0.1) is 0 Å². The van der Waals surface area contributed by atoms with E-state index < -0.39 is 0 Å². The summed E-state index contributed by atoms with van der Waals surface area (Å²) in [6.07, 6.45) is 3.67. The van der Waals surface area contributed by atoms with Crippen LogP contribution in [0.1, 0.15) is 26.2 Å². The molecule has 0 spiro atoms. The van der Waals surface area contributed by atoms with Gasteiger partial charge in [-0.3, -0.25) is 4.79 Å². The molecule has 98 valence electrons. The van der Waals surface area contributed by atoms with Gasteiger partial charge in [-0.05, 0) is 38.8 Å². The van der Waals surface area contributed by atoms with Crippen LogP contribution >= 0.6 is 11.6 Å². The summed E-state index contributed by atoms with van der Waals surface area (Å²) in [4.78, 5) is 16.6. The van der Waals surface area contributed by atoms with Crippen molar-refractivity contribution >= 4 is 17.5 Å². The first kappa shape index (κ1) is 13.2. The van der Waals surface area contributed by atoms with Crippen LogP contribution in [0.3, 0.4) is 0 Å². The third kappa shape index (κ3) is 2.76. The Labute approximate surface area is 109 Å². The Kier molecular flexibility index (Phi) is 4.31. The van der Waals surface area contributed by atoms with E-state index in [4.69, 9.17) is 11.6 Å². The molecule has 2 heterocycles. The van der Waals surface area contributed by atoms with Crippen LogP contribution in [0, 0.1) is 11.8 Å². The molecule has 17 heavy (non-hydrogen) atoms.